The van der Waals surface area contributed by atoms with Crippen LogP contribution in [-0.4, -0.2) is 140 Å². The zero-order valence-electron chi connectivity index (χ0n) is 41.6. The van der Waals surface area contributed by atoms with Gasteiger partial charge in [0.1, 0.15) is 13.1 Å². The summed E-state index contributed by atoms with van der Waals surface area (Å²) in [7, 11) is 6.55. The third-order valence-corrected chi connectivity index (χ3v) is 15.4. The molecule has 2 unspecified atom stereocenters. The van der Waals surface area contributed by atoms with Crippen LogP contribution in [0, 0.1) is 19.3 Å². The number of ether oxygens (including phenoxy) is 6. The van der Waals surface area contributed by atoms with Crippen LogP contribution < -0.4 is 21.7 Å². The van der Waals surface area contributed by atoms with Gasteiger partial charge in [0.15, 0.2) is 0 Å². The van der Waals surface area contributed by atoms with Crippen molar-refractivity contribution in [2.24, 2.45) is 11.8 Å². The molecule has 0 saturated carbocycles. The van der Waals surface area contributed by atoms with Crippen molar-refractivity contribution in [3.05, 3.63) is 79.2 Å². The Morgan fingerprint density at radius 1 is 0.592 bits per heavy atom. The first-order valence-corrected chi connectivity index (χ1v) is 30.1. The predicted molar refractivity (Wildman–Crippen MR) is 294 cm³/mol. The van der Waals surface area contributed by atoms with E-state index in [1.807, 2.05) is 78.7 Å². The molecule has 0 aliphatic carbocycles. The molecule has 6 atom stereocenters. The second-order valence-corrected chi connectivity index (χ2v) is 22.0. The summed E-state index contributed by atoms with van der Waals surface area (Å²) in [6.45, 7) is 7.20. The van der Waals surface area contributed by atoms with Crippen molar-refractivity contribution in [2.45, 2.75) is 92.4 Å². The van der Waals surface area contributed by atoms with Crippen molar-refractivity contribution in [1.82, 2.24) is 16.0 Å². The van der Waals surface area contributed by atoms with Crippen LogP contribution in [0.2, 0.25) is 0 Å². The van der Waals surface area contributed by atoms with E-state index in [0.29, 0.717) is 30.4 Å². The third kappa shape index (κ3) is 36.9. The lowest BCUT2D eigenvalue weighted by atomic mass is 10.0. The molecule has 17 nitrogen and oxygen atoms in total. The van der Waals surface area contributed by atoms with E-state index in [-0.39, 0.29) is 76.8 Å². The number of thioether (sulfide) groups is 2. The van der Waals surface area contributed by atoms with Crippen molar-refractivity contribution in [3.63, 3.8) is 0 Å². The number of benzene rings is 2. The normalized spacial score (nSPS) is 12.9. The summed E-state index contributed by atoms with van der Waals surface area (Å²) in [5.74, 6) is 2.17. The number of esters is 2. The zero-order valence-corrected chi connectivity index (χ0v) is 46.5. The molecule has 2 aromatic carbocycles. The van der Waals surface area contributed by atoms with E-state index in [1.165, 1.54) is 20.8 Å². The minimum Gasteiger partial charge on any atom is -0.435 e. The summed E-state index contributed by atoms with van der Waals surface area (Å²) in [5, 5.41) is 8.24. The lowest BCUT2D eigenvalue weighted by molar-refractivity contribution is -0.412. The summed E-state index contributed by atoms with van der Waals surface area (Å²) in [5.41, 5.74) is 6.24. The molecule has 0 spiro atoms. The molecule has 0 aliphatic rings. The summed E-state index contributed by atoms with van der Waals surface area (Å²) < 4.78 is 28.8. The summed E-state index contributed by atoms with van der Waals surface area (Å²) in [6.07, 6.45) is 3.05. The Balaban J connectivity index is 0. The van der Waals surface area contributed by atoms with Gasteiger partial charge in [0.05, 0.1) is 36.8 Å². The molecule has 0 heterocycles. The molecule has 71 heavy (non-hydrogen) atoms. The molecule has 23 heteroatoms. The lowest BCUT2D eigenvalue weighted by Crippen LogP contribution is -2.62. The molecular formula is C48H78N4O13S6. The maximum atomic E-state index is 12.9. The Labute approximate surface area is 446 Å². The Bertz CT molecular complexity index is 1780. The third-order valence-electron chi connectivity index (χ3n) is 8.94. The fraction of sp³-hybridized carbons (Fsp3) is 0.583. The van der Waals surface area contributed by atoms with E-state index in [9.17, 15) is 33.6 Å². The molecule has 0 saturated heterocycles. The first kappa shape index (κ1) is 69.5. The fourth-order valence-electron chi connectivity index (χ4n) is 5.58. The van der Waals surface area contributed by atoms with Crippen molar-refractivity contribution < 1.29 is 67.7 Å². The van der Waals surface area contributed by atoms with E-state index in [0.717, 1.165) is 47.0 Å². The number of hydrogen-bond acceptors (Lipinski definition) is 19. The number of carbonyl (C=O) groups excluding carboxylic acids is 7. The number of quaternary nitrogens is 1. The fourth-order valence-corrected chi connectivity index (χ4v) is 11.9. The van der Waals surface area contributed by atoms with E-state index in [4.69, 9.17) is 18.9 Å². The van der Waals surface area contributed by atoms with Crippen LogP contribution in [0.25, 0.3) is 0 Å². The summed E-state index contributed by atoms with van der Waals surface area (Å²) >= 11 is 3.55. The van der Waals surface area contributed by atoms with Crippen LogP contribution in [0.4, 0.5) is 9.59 Å². The van der Waals surface area contributed by atoms with Gasteiger partial charge in [0, 0.05) is 50.5 Å². The van der Waals surface area contributed by atoms with Crippen molar-refractivity contribution in [1.29, 1.82) is 0 Å². The summed E-state index contributed by atoms with van der Waals surface area (Å²) in [6, 6.07) is 19.9. The van der Waals surface area contributed by atoms with Crippen LogP contribution in [0.15, 0.2) is 60.7 Å². The molecule has 3 amide bonds. The van der Waals surface area contributed by atoms with Gasteiger partial charge < -0.3 is 57.5 Å². The van der Waals surface area contributed by atoms with Crippen LogP contribution in [0.3, 0.4) is 0 Å². The minimum atomic E-state index is -1.14. The number of rotatable bonds is 33. The van der Waals surface area contributed by atoms with Gasteiger partial charge in [-0.05, 0) is 68.3 Å². The van der Waals surface area contributed by atoms with Gasteiger partial charge in [0.2, 0.25) is 30.3 Å². The highest BCUT2D eigenvalue weighted by Gasteiger charge is 2.24. The largest absolute Gasteiger partial charge is 0.511 e. The maximum absolute atomic E-state index is 12.9. The number of amides is 3. The molecule has 0 bridgehead atoms. The Morgan fingerprint density at radius 3 is 1.38 bits per heavy atom. The highest BCUT2D eigenvalue weighted by Crippen LogP contribution is 2.28. The quantitative estimate of drug-likeness (QED) is 0.0135. The van der Waals surface area contributed by atoms with Gasteiger partial charge in [0.25, 0.3) is 0 Å². The molecular weight excluding hydrogens is 1030 g/mol. The van der Waals surface area contributed by atoms with Crippen molar-refractivity contribution in [2.75, 3.05) is 73.3 Å². The predicted octanol–water partition coefficient (Wildman–Crippen LogP) is 7.52. The average Bonchev–Trinajstić information content (AvgIpc) is 3.31. The molecule has 0 aliphatic heterocycles. The van der Waals surface area contributed by atoms with Crippen LogP contribution in [0.5, 0.6) is 0 Å². The molecule has 0 aromatic heterocycles. The number of nitrogens with one attached hydrogen (secondary N) is 3. The van der Waals surface area contributed by atoms with Gasteiger partial charge in [-0.2, -0.15) is 23.5 Å². The number of hydrogen-bond donors (Lipinski definition) is 4. The number of carbonyl (C=O) groups is 7. The molecule has 404 valence electrons. The lowest BCUT2D eigenvalue weighted by Gasteiger charge is -2.19. The monoisotopic (exact) mass is 1110 g/mol. The summed E-state index contributed by atoms with van der Waals surface area (Å²) in [4.78, 5) is 83.8. The minimum absolute atomic E-state index is 0. The van der Waals surface area contributed by atoms with Crippen molar-refractivity contribution >= 4 is 109 Å². The van der Waals surface area contributed by atoms with Gasteiger partial charge in [-0.3, -0.25) is 24.0 Å². The highest BCUT2D eigenvalue weighted by molar-refractivity contribution is 8.77. The van der Waals surface area contributed by atoms with Gasteiger partial charge >= 0.3 is 24.2 Å². The van der Waals surface area contributed by atoms with Crippen LogP contribution in [0.1, 0.15) is 66.0 Å². The molecule has 0 radical (unpaired) electrons. The molecule has 2 rings (SSSR count). The molecule has 2 aromatic rings. The smallest absolute Gasteiger partial charge is 0.435 e. The topological polar surface area (TPSA) is 239 Å². The van der Waals surface area contributed by atoms with E-state index in [2.05, 4.69) is 37.4 Å². The van der Waals surface area contributed by atoms with E-state index in [1.54, 1.807) is 68.8 Å². The molecule has 0 fully saturated rings. The maximum Gasteiger partial charge on any atom is 0.511 e. The standard InChI is InChI=1S/C24H36N2O7S3.C22H34N2O6S3.CH4.CH3/c1-5-31-24(30)33-18(3)32-22(28)14-25-23(29)20(13-19-9-7-6-8-10-19)15-35-36-16-21(11-12-34-4)26-17(2)27;1-4-28-22(27)30-16(2)29-20(25)13-24-21(26)18(12-17-8-6-5-7-9-17)14-32-33-15-19(23)10-11-31-3;;/h6-10,18,20-21H,5,11-16H2,1-4H3,(H,25,29)(H,26,27);5-9,16,18-19H,4,10-15,23H2,1-3H3,(H,24,26);1H4;1H3/q;;;-1/p+1/t18?,20-,21+;16?,18-,19+;;/m11../s1. The van der Waals surface area contributed by atoms with Crippen molar-refractivity contribution in [3.8, 4) is 0 Å². The van der Waals surface area contributed by atoms with Crippen LogP contribution in [-0.2, 0) is 65.2 Å². The van der Waals surface area contributed by atoms with Gasteiger partial charge in [-0.1, -0.05) is 111 Å². The Hall–Kier alpha value is -3.61. The van der Waals surface area contributed by atoms with E-state index >= 15 is 0 Å². The Morgan fingerprint density at radius 2 is 0.986 bits per heavy atom. The Kier molecular flexibility index (Phi) is 43.0. The second-order valence-electron chi connectivity index (χ2n) is 14.9. The van der Waals surface area contributed by atoms with E-state index < -0.39 is 36.8 Å². The second kappa shape index (κ2) is 43.9. The van der Waals surface area contributed by atoms with Gasteiger partial charge in [-0.15, -0.1) is 0 Å². The van der Waals surface area contributed by atoms with Crippen LogP contribution >= 0.6 is 66.7 Å². The van der Waals surface area contributed by atoms with Gasteiger partial charge in [-0.25, -0.2) is 9.59 Å². The first-order valence-electron chi connectivity index (χ1n) is 22.4. The molecule has 6 N–H and O–H groups in total. The first-order chi connectivity index (χ1) is 33.1. The SMILES string of the molecule is C.CCOC(=O)OC(C)OC(=O)CNC(=O)[C@@H](CSSC[C@@H]([NH3+])CCSC)Cc1ccccc1.CCOC(=O)OC(C)OC(=O)CNC(=O)[C@@H](CSSC[C@H](CCSC)NC(C)=O)Cc1ccccc1.[CH3-]. The highest BCUT2D eigenvalue weighted by atomic mass is 33.1. The zero-order chi connectivity index (χ0) is 51.2. The average molecular weight is 1110 g/mol.